The minimum absolute atomic E-state index is 0.751. The molecule has 0 aliphatic rings. The van der Waals surface area contributed by atoms with Crippen LogP contribution < -0.4 is 10.1 Å². The van der Waals surface area contributed by atoms with Gasteiger partial charge in [-0.3, -0.25) is 0 Å². The quantitative estimate of drug-likeness (QED) is 0.692. The molecule has 1 aromatic carbocycles. The first kappa shape index (κ1) is 15.4. The van der Waals surface area contributed by atoms with Crippen molar-refractivity contribution in [2.75, 3.05) is 18.5 Å². The molecule has 0 bridgehead atoms. The highest BCUT2D eigenvalue weighted by molar-refractivity contribution is 5.64. The third-order valence-electron chi connectivity index (χ3n) is 3.65. The van der Waals surface area contributed by atoms with Crippen LogP contribution in [0.5, 0.6) is 5.75 Å². The number of hydrogen-bond donors (Lipinski definition) is 1. The van der Waals surface area contributed by atoms with Crippen molar-refractivity contribution in [2.45, 2.75) is 26.7 Å². The van der Waals surface area contributed by atoms with Crippen molar-refractivity contribution in [1.29, 1.82) is 0 Å². The second kappa shape index (κ2) is 7.18. The number of nitrogens with zero attached hydrogens (tertiary/aromatic N) is 2. The third-order valence-corrected chi connectivity index (χ3v) is 3.65. The number of nitrogens with one attached hydrogen (secondary N) is 1. The maximum absolute atomic E-state index is 5.62. The Hall–Kier alpha value is -2.49. The molecule has 4 nitrogen and oxygen atoms in total. The third kappa shape index (κ3) is 3.65. The Labute approximate surface area is 137 Å². The maximum atomic E-state index is 5.62. The van der Waals surface area contributed by atoms with E-state index in [9.17, 15) is 0 Å². The maximum Gasteiger partial charge on any atom is 0.137 e. The predicted molar refractivity (Wildman–Crippen MR) is 95.2 cm³/mol. The number of ether oxygens (including phenoxy) is 1. The molecule has 0 saturated heterocycles. The first-order chi connectivity index (χ1) is 11.3. The Morgan fingerprint density at radius 2 is 1.83 bits per heavy atom. The Bertz CT molecular complexity index is 762. The lowest BCUT2D eigenvalue weighted by Gasteiger charge is -2.04. The second-order valence-corrected chi connectivity index (χ2v) is 5.61. The zero-order valence-electron chi connectivity index (χ0n) is 13.7. The summed E-state index contributed by atoms with van der Waals surface area (Å²) in [5.41, 5.74) is 4.14. The van der Waals surface area contributed by atoms with Gasteiger partial charge in [0.05, 0.1) is 18.0 Å². The van der Waals surface area contributed by atoms with E-state index in [1.54, 1.807) is 0 Å². The van der Waals surface area contributed by atoms with Crippen LogP contribution >= 0.6 is 0 Å². The van der Waals surface area contributed by atoms with E-state index in [0.29, 0.717) is 0 Å². The van der Waals surface area contributed by atoms with Gasteiger partial charge in [-0.1, -0.05) is 13.8 Å². The van der Waals surface area contributed by atoms with Gasteiger partial charge in [0, 0.05) is 24.5 Å². The highest BCUT2D eigenvalue weighted by atomic mass is 16.5. The molecule has 4 heteroatoms. The Morgan fingerprint density at radius 1 is 1.00 bits per heavy atom. The molecule has 0 unspecified atom stereocenters. The first-order valence-electron chi connectivity index (χ1n) is 8.26. The number of fused-ring (bicyclic) bond motifs is 1. The Morgan fingerprint density at radius 3 is 2.57 bits per heavy atom. The molecular weight excluding hydrogens is 286 g/mol. The number of rotatable bonds is 7. The van der Waals surface area contributed by atoms with E-state index in [-0.39, 0.29) is 0 Å². The van der Waals surface area contributed by atoms with Crippen molar-refractivity contribution < 1.29 is 4.74 Å². The molecule has 0 aliphatic carbocycles. The standard InChI is InChI=1S/C19H23N3O/c1-3-11-20-16-7-10-19-21-18(14-22(19)13-16)15-5-8-17(9-6-15)23-12-4-2/h5-10,13-14,20H,3-4,11-12H2,1-2H3. The predicted octanol–water partition coefficient (Wildman–Crippen LogP) is 4.61. The molecule has 120 valence electrons. The molecule has 0 fully saturated rings. The summed E-state index contributed by atoms with van der Waals surface area (Å²) in [4.78, 5) is 4.69. The van der Waals surface area contributed by atoms with E-state index < -0.39 is 0 Å². The number of benzene rings is 1. The van der Waals surface area contributed by atoms with E-state index >= 15 is 0 Å². The van der Waals surface area contributed by atoms with Crippen LogP contribution in [0.15, 0.2) is 48.8 Å². The van der Waals surface area contributed by atoms with Crippen molar-refractivity contribution in [3.05, 3.63) is 48.8 Å². The van der Waals surface area contributed by atoms with Gasteiger partial charge >= 0.3 is 0 Å². The van der Waals surface area contributed by atoms with Gasteiger partial charge in [-0.15, -0.1) is 0 Å². The molecule has 0 aliphatic heterocycles. The van der Waals surface area contributed by atoms with Gasteiger partial charge in [-0.2, -0.15) is 0 Å². The smallest absolute Gasteiger partial charge is 0.137 e. The fourth-order valence-electron chi connectivity index (χ4n) is 2.45. The highest BCUT2D eigenvalue weighted by Crippen LogP contribution is 2.23. The summed E-state index contributed by atoms with van der Waals surface area (Å²) in [6, 6.07) is 12.2. The fourth-order valence-corrected chi connectivity index (χ4v) is 2.45. The van der Waals surface area contributed by atoms with Crippen molar-refractivity contribution in [1.82, 2.24) is 9.38 Å². The van der Waals surface area contributed by atoms with Gasteiger partial charge in [-0.05, 0) is 49.2 Å². The lowest BCUT2D eigenvalue weighted by atomic mass is 10.2. The van der Waals surface area contributed by atoms with Gasteiger partial charge in [0.25, 0.3) is 0 Å². The zero-order chi connectivity index (χ0) is 16.1. The molecule has 2 heterocycles. The molecule has 0 saturated carbocycles. The molecule has 0 radical (unpaired) electrons. The van der Waals surface area contributed by atoms with Gasteiger partial charge < -0.3 is 14.5 Å². The van der Waals surface area contributed by atoms with E-state index in [1.807, 2.05) is 18.2 Å². The van der Waals surface area contributed by atoms with Crippen LogP contribution in [0.3, 0.4) is 0 Å². The summed E-state index contributed by atoms with van der Waals surface area (Å²) in [5, 5.41) is 3.40. The summed E-state index contributed by atoms with van der Waals surface area (Å²) in [6.07, 6.45) is 6.27. The number of hydrogen-bond acceptors (Lipinski definition) is 3. The van der Waals surface area contributed by atoms with Gasteiger partial charge in [0.2, 0.25) is 0 Å². The second-order valence-electron chi connectivity index (χ2n) is 5.61. The van der Waals surface area contributed by atoms with Crippen LogP contribution in [0.2, 0.25) is 0 Å². The highest BCUT2D eigenvalue weighted by Gasteiger charge is 2.05. The molecule has 0 spiro atoms. The number of pyridine rings is 1. The summed E-state index contributed by atoms with van der Waals surface area (Å²) in [7, 11) is 0. The minimum Gasteiger partial charge on any atom is -0.494 e. The van der Waals surface area contributed by atoms with Crippen molar-refractivity contribution >= 4 is 11.3 Å². The largest absolute Gasteiger partial charge is 0.494 e. The topological polar surface area (TPSA) is 38.6 Å². The van der Waals surface area contributed by atoms with E-state index in [0.717, 1.165) is 54.3 Å². The summed E-state index contributed by atoms with van der Waals surface area (Å²) < 4.78 is 7.69. The number of anilines is 1. The van der Waals surface area contributed by atoms with Crippen molar-refractivity contribution in [2.24, 2.45) is 0 Å². The van der Waals surface area contributed by atoms with E-state index in [4.69, 9.17) is 9.72 Å². The minimum atomic E-state index is 0.751. The molecule has 3 rings (SSSR count). The van der Waals surface area contributed by atoms with Crippen LogP contribution in [0.1, 0.15) is 26.7 Å². The molecule has 1 N–H and O–H groups in total. The van der Waals surface area contributed by atoms with Crippen molar-refractivity contribution in [3.63, 3.8) is 0 Å². The summed E-state index contributed by atoms with van der Waals surface area (Å²) in [5.74, 6) is 0.908. The molecule has 0 amide bonds. The van der Waals surface area contributed by atoms with Crippen LogP contribution in [0, 0.1) is 0 Å². The monoisotopic (exact) mass is 309 g/mol. The van der Waals surface area contributed by atoms with Gasteiger partial charge in [0.15, 0.2) is 0 Å². The van der Waals surface area contributed by atoms with Crippen LogP contribution in [0.4, 0.5) is 5.69 Å². The van der Waals surface area contributed by atoms with Gasteiger partial charge in [-0.25, -0.2) is 4.98 Å². The lowest BCUT2D eigenvalue weighted by molar-refractivity contribution is 0.317. The molecule has 23 heavy (non-hydrogen) atoms. The first-order valence-corrected chi connectivity index (χ1v) is 8.26. The molecule has 3 aromatic rings. The lowest BCUT2D eigenvalue weighted by Crippen LogP contribution is -2.00. The number of aromatic nitrogens is 2. The van der Waals surface area contributed by atoms with E-state index in [1.165, 1.54) is 0 Å². The Balaban J connectivity index is 1.82. The van der Waals surface area contributed by atoms with Crippen molar-refractivity contribution in [3.8, 4) is 17.0 Å². The van der Waals surface area contributed by atoms with Crippen LogP contribution in [-0.2, 0) is 0 Å². The Kier molecular flexibility index (Phi) is 4.81. The summed E-state index contributed by atoms with van der Waals surface area (Å²) in [6.45, 7) is 6.00. The SMILES string of the molecule is CCCNc1ccc2nc(-c3ccc(OCCC)cc3)cn2c1. The fraction of sp³-hybridized carbons (Fsp3) is 0.316. The zero-order valence-corrected chi connectivity index (χ0v) is 13.7. The summed E-state index contributed by atoms with van der Waals surface area (Å²) >= 11 is 0. The van der Waals surface area contributed by atoms with Crippen LogP contribution in [-0.4, -0.2) is 22.5 Å². The molecule has 0 atom stereocenters. The molecular formula is C19H23N3O. The van der Waals surface area contributed by atoms with Crippen LogP contribution in [0.25, 0.3) is 16.9 Å². The average Bonchev–Trinajstić information content (AvgIpc) is 3.01. The normalized spacial score (nSPS) is 10.9. The van der Waals surface area contributed by atoms with E-state index in [2.05, 4.69) is 54.2 Å². The number of imidazole rings is 1. The molecule has 2 aromatic heterocycles. The van der Waals surface area contributed by atoms with Gasteiger partial charge in [0.1, 0.15) is 11.4 Å². The average molecular weight is 309 g/mol.